The Hall–Kier alpha value is -3.48. The highest BCUT2D eigenvalue weighted by Gasteiger charge is 2.18. The number of nitrogens with one attached hydrogen (secondary N) is 2. The maximum absolute atomic E-state index is 12.9. The van der Waals surface area contributed by atoms with Crippen molar-refractivity contribution in [2.24, 2.45) is 0 Å². The Morgan fingerprint density at radius 1 is 0.933 bits per heavy atom. The van der Waals surface area contributed by atoms with Crippen molar-refractivity contribution in [3.05, 3.63) is 57.9 Å². The van der Waals surface area contributed by atoms with Crippen molar-refractivity contribution in [3.8, 4) is 17.2 Å². The number of aromatic nitrogens is 1. The molecule has 0 aliphatic rings. The Morgan fingerprint density at radius 3 is 2.17 bits per heavy atom. The molecule has 0 bridgehead atoms. The largest absolute Gasteiger partial charge is 0.490 e. The minimum absolute atomic E-state index is 0.183. The minimum atomic E-state index is -0.325. The molecule has 0 saturated carbocycles. The van der Waals surface area contributed by atoms with E-state index >= 15 is 0 Å². The molecule has 0 atom stereocenters. The SMILES string of the molecule is CCOc1cc(C(=O)Nc2ccc3c(C)cc(=O)[nH]c3c2)cc(OCC)c1OCC. The molecule has 0 aliphatic heterocycles. The lowest BCUT2D eigenvalue weighted by Crippen LogP contribution is -2.13. The van der Waals surface area contributed by atoms with Crippen LogP contribution in [0.3, 0.4) is 0 Å². The fourth-order valence-corrected chi connectivity index (χ4v) is 3.24. The van der Waals surface area contributed by atoms with Gasteiger partial charge in [-0.05, 0) is 57.5 Å². The number of aryl methyl sites for hydroxylation is 1. The van der Waals surface area contributed by atoms with Crippen LogP contribution >= 0.6 is 0 Å². The first kappa shape index (κ1) is 21.2. The zero-order chi connectivity index (χ0) is 21.7. The van der Waals surface area contributed by atoms with Crippen LogP contribution in [0, 0.1) is 6.92 Å². The molecule has 0 aliphatic carbocycles. The van der Waals surface area contributed by atoms with E-state index < -0.39 is 0 Å². The number of anilines is 1. The maximum Gasteiger partial charge on any atom is 0.255 e. The second-order valence-electron chi connectivity index (χ2n) is 6.63. The molecule has 0 spiro atoms. The molecular formula is C23H26N2O5. The quantitative estimate of drug-likeness (QED) is 0.578. The summed E-state index contributed by atoms with van der Waals surface area (Å²) < 4.78 is 17.0. The van der Waals surface area contributed by atoms with Gasteiger partial charge in [-0.2, -0.15) is 0 Å². The van der Waals surface area contributed by atoms with E-state index in [2.05, 4.69) is 10.3 Å². The fraction of sp³-hybridized carbons (Fsp3) is 0.304. The molecule has 1 aromatic heterocycles. The molecule has 0 saturated heterocycles. The number of carbonyl (C=O) groups excluding carboxylic acids is 1. The normalized spacial score (nSPS) is 10.7. The number of aromatic amines is 1. The summed E-state index contributed by atoms with van der Waals surface area (Å²) >= 11 is 0. The van der Waals surface area contributed by atoms with Crippen LogP contribution in [0.15, 0.2) is 41.2 Å². The smallest absolute Gasteiger partial charge is 0.255 e. The monoisotopic (exact) mass is 410 g/mol. The zero-order valence-electron chi connectivity index (χ0n) is 17.6. The number of H-pyrrole nitrogens is 1. The lowest BCUT2D eigenvalue weighted by atomic mass is 10.1. The topological polar surface area (TPSA) is 89.7 Å². The molecule has 158 valence electrons. The summed E-state index contributed by atoms with van der Waals surface area (Å²) in [5.74, 6) is 1.06. The first-order chi connectivity index (χ1) is 14.5. The molecule has 1 amide bonds. The van der Waals surface area contributed by atoms with Gasteiger partial charge in [0.1, 0.15) is 0 Å². The van der Waals surface area contributed by atoms with Gasteiger partial charge in [0.25, 0.3) is 5.91 Å². The summed E-state index contributed by atoms with van der Waals surface area (Å²) in [6.45, 7) is 8.77. The Bertz CT molecular complexity index is 1090. The average molecular weight is 410 g/mol. The van der Waals surface area contributed by atoms with Gasteiger partial charge in [-0.1, -0.05) is 6.07 Å². The number of amides is 1. The standard InChI is InChI=1S/C23H26N2O5/c1-5-28-19-11-15(12-20(29-6-2)22(19)30-7-3)23(27)24-16-8-9-17-14(4)10-21(26)25-18(17)13-16/h8-13H,5-7H2,1-4H3,(H,24,27)(H,25,26). The second kappa shape index (κ2) is 9.35. The summed E-state index contributed by atoms with van der Waals surface area (Å²) in [7, 11) is 0. The zero-order valence-corrected chi connectivity index (χ0v) is 17.6. The van der Waals surface area contributed by atoms with Gasteiger partial charge < -0.3 is 24.5 Å². The lowest BCUT2D eigenvalue weighted by Gasteiger charge is -2.17. The number of hydrogen-bond acceptors (Lipinski definition) is 5. The number of pyridine rings is 1. The highest BCUT2D eigenvalue weighted by molar-refractivity contribution is 6.06. The van der Waals surface area contributed by atoms with Gasteiger partial charge in [0.05, 0.1) is 25.3 Å². The highest BCUT2D eigenvalue weighted by Crippen LogP contribution is 2.39. The van der Waals surface area contributed by atoms with Crippen molar-refractivity contribution in [1.82, 2.24) is 4.98 Å². The Labute approximate surface area is 175 Å². The molecular weight excluding hydrogens is 384 g/mol. The van der Waals surface area contributed by atoms with Gasteiger partial charge in [-0.3, -0.25) is 9.59 Å². The number of carbonyl (C=O) groups is 1. The summed E-state index contributed by atoms with van der Waals surface area (Å²) in [4.78, 5) is 27.5. The molecule has 2 aromatic carbocycles. The van der Waals surface area contributed by atoms with Crippen molar-refractivity contribution in [1.29, 1.82) is 0 Å². The van der Waals surface area contributed by atoms with Crippen LogP contribution in [0.4, 0.5) is 5.69 Å². The van der Waals surface area contributed by atoms with E-state index in [0.29, 0.717) is 53.8 Å². The van der Waals surface area contributed by atoms with Crippen LogP contribution in [0.25, 0.3) is 10.9 Å². The fourth-order valence-electron chi connectivity index (χ4n) is 3.24. The van der Waals surface area contributed by atoms with E-state index in [-0.39, 0.29) is 11.5 Å². The van der Waals surface area contributed by atoms with Gasteiger partial charge in [0.15, 0.2) is 11.5 Å². The first-order valence-electron chi connectivity index (χ1n) is 9.98. The minimum Gasteiger partial charge on any atom is -0.490 e. The van der Waals surface area contributed by atoms with Gasteiger partial charge in [-0.25, -0.2) is 0 Å². The molecule has 0 unspecified atom stereocenters. The predicted octanol–water partition coefficient (Wildman–Crippen LogP) is 4.28. The molecule has 2 N–H and O–H groups in total. The van der Waals surface area contributed by atoms with Crippen LogP contribution in [0.2, 0.25) is 0 Å². The molecule has 3 aromatic rings. The Kier molecular flexibility index (Phi) is 6.61. The molecule has 0 fully saturated rings. The van der Waals surface area contributed by atoms with E-state index in [0.717, 1.165) is 10.9 Å². The summed E-state index contributed by atoms with van der Waals surface area (Å²) in [5, 5.41) is 3.79. The van der Waals surface area contributed by atoms with Gasteiger partial charge in [0, 0.05) is 22.7 Å². The molecule has 7 nitrogen and oxygen atoms in total. The van der Waals surface area contributed by atoms with E-state index in [1.807, 2.05) is 33.8 Å². The van der Waals surface area contributed by atoms with Crippen LogP contribution in [0.5, 0.6) is 17.2 Å². The number of hydrogen-bond donors (Lipinski definition) is 2. The average Bonchev–Trinajstić information content (AvgIpc) is 2.70. The van der Waals surface area contributed by atoms with Crippen molar-refractivity contribution >= 4 is 22.5 Å². The van der Waals surface area contributed by atoms with Crippen LogP contribution in [0.1, 0.15) is 36.7 Å². The van der Waals surface area contributed by atoms with Crippen LogP contribution in [-0.2, 0) is 0 Å². The summed E-state index contributed by atoms with van der Waals surface area (Å²) in [5.41, 5.74) is 2.30. The molecule has 1 heterocycles. The third kappa shape index (κ3) is 4.56. The Balaban J connectivity index is 1.96. The number of fused-ring (bicyclic) bond motifs is 1. The molecule has 0 radical (unpaired) electrons. The Morgan fingerprint density at radius 2 is 1.57 bits per heavy atom. The van der Waals surface area contributed by atoms with E-state index in [9.17, 15) is 9.59 Å². The van der Waals surface area contributed by atoms with Crippen molar-refractivity contribution < 1.29 is 19.0 Å². The number of ether oxygens (including phenoxy) is 3. The lowest BCUT2D eigenvalue weighted by molar-refractivity contribution is 0.102. The number of benzene rings is 2. The predicted molar refractivity (Wildman–Crippen MR) is 117 cm³/mol. The van der Waals surface area contributed by atoms with E-state index in [1.54, 1.807) is 30.3 Å². The summed E-state index contributed by atoms with van der Waals surface area (Å²) in [6, 6.07) is 10.2. The molecule has 3 rings (SSSR count). The van der Waals surface area contributed by atoms with E-state index in [1.165, 1.54) is 0 Å². The molecule has 30 heavy (non-hydrogen) atoms. The van der Waals surface area contributed by atoms with Gasteiger partial charge in [-0.15, -0.1) is 0 Å². The molecule has 7 heteroatoms. The van der Waals surface area contributed by atoms with E-state index in [4.69, 9.17) is 14.2 Å². The van der Waals surface area contributed by atoms with Crippen molar-refractivity contribution in [2.45, 2.75) is 27.7 Å². The van der Waals surface area contributed by atoms with Crippen LogP contribution in [-0.4, -0.2) is 30.7 Å². The summed E-state index contributed by atoms with van der Waals surface area (Å²) in [6.07, 6.45) is 0. The van der Waals surface area contributed by atoms with Crippen LogP contribution < -0.4 is 25.1 Å². The maximum atomic E-state index is 12.9. The third-order valence-corrected chi connectivity index (χ3v) is 4.48. The van der Waals surface area contributed by atoms with Gasteiger partial charge in [0.2, 0.25) is 11.3 Å². The van der Waals surface area contributed by atoms with Crippen molar-refractivity contribution in [3.63, 3.8) is 0 Å². The number of rotatable bonds is 8. The highest BCUT2D eigenvalue weighted by atomic mass is 16.5. The second-order valence-corrected chi connectivity index (χ2v) is 6.63. The first-order valence-corrected chi connectivity index (χ1v) is 9.98. The van der Waals surface area contributed by atoms with Crippen molar-refractivity contribution in [2.75, 3.05) is 25.1 Å². The van der Waals surface area contributed by atoms with Gasteiger partial charge >= 0.3 is 0 Å². The third-order valence-electron chi connectivity index (χ3n) is 4.48.